The second-order valence-electron chi connectivity index (χ2n) is 8.07. The Kier molecular flexibility index (Phi) is 5.46. The molecule has 1 fully saturated rings. The van der Waals surface area contributed by atoms with Crippen LogP contribution >= 0.6 is 15.9 Å². The zero-order chi connectivity index (χ0) is 20.7. The van der Waals surface area contributed by atoms with Crippen molar-refractivity contribution in [1.29, 1.82) is 0 Å². The zero-order valence-corrected chi connectivity index (χ0v) is 18.4. The minimum Gasteiger partial charge on any atom is -0.340 e. The molecule has 8 heteroatoms. The Bertz CT molecular complexity index is 1050. The fraction of sp³-hybridized carbons (Fsp3) is 0.476. The molecule has 1 aliphatic rings. The highest BCUT2D eigenvalue weighted by molar-refractivity contribution is 9.10. The summed E-state index contributed by atoms with van der Waals surface area (Å²) in [4.78, 5) is 17.7. The number of amides is 1. The maximum absolute atomic E-state index is 14.8. The first-order chi connectivity index (χ1) is 13.9. The number of halogens is 2. The summed E-state index contributed by atoms with van der Waals surface area (Å²) in [5, 5.41) is 7.27. The lowest BCUT2D eigenvalue weighted by atomic mass is 9.79. The summed E-state index contributed by atoms with van der Waals surface area (Å²) in [6, 6.07) is 4.87. The van der Waals surface area contributed by atoms with E-state index in [-0.39, 0.29) is 23.7 Å². The zero-order valence-electron chi connectivity index (χ0n) is 16.8. The number of nitrogens with zero attached hydrogens (tertiary/aromatic N) is 4. The number of carbonyl (C=O) groups excluding carboxylic acids is 1. The van der Waals surface area contributed by atoms with Crippen LogP contribution in [0.4, 0.5) is 4.39 Å². The molecule has 4 rings (SSSR count). The minimum atomic E-state index is -0.335. The van der Waals surface area contributed by atoms with Crippen LogP contribution in [0.5, 0.6) is 0 Å². The number of nitrogens with one attached hydrogen (secondary N) is 1. The molecule has 6 nitrogen and oxygen atoms in total. The van der Waals surface area contributed by atoms with E-state index in [0.717, 1.165) is 25.7 Å². The first-order valence-electron chi connectivity index (χ1n) is 9.96. The fourth-order valence-electron chi connectivity index (χ4n) is 4.35. The van der Waals surface area contributed by atoms with Crippen molar-refractivity contribution < 1.29 is 9.18 Å². The monoisotopic (exact) mass is 461 g/mol. The average molecular weight is 462 g/mol. The van der Waals surface area contributed by atoms with Crippen LogP contribution in [0.15, 0.2) is 28.9 Å². The molecule has 1 atom stereocenters. The molecule has 0 aliphatic heterocycles. The predicted octanol–water partition coefficient (Wildman–Crippen LogP) is 4.51. The van der Waals surface area contributed by atoms with Crippen molar-refractivity contribution in [2.45, 2.75) is 38.6 Å². The molecular weight excluding hydrogens is 437 g/mol. The van der Waals surface area contributed by atoms with Crippen LogP contribution in [0, 0.1) is 17.7 Å². The van der Waals surface area contributed by atoms with E-state index in [1.807, 2.05) is 7.05 Å². The quantitative estimate of drug-likeness (QED) is 0.621. The Labute approximate surface area is 177 Å². The van der Waals surface area contributed by atoms with E-state index in [1.54, 1.807) is 40.7 Å². The molecule has 1 unspecified atom stereocenters. The summed E-state index contributed by atoms with van der Waals surface area (Å²) in [7, 11) is 3.56. The van der Waals surface area contributed by atoms with Crippen molar-refractivity contribution in [2.75, 3.05) is 0 Å². The van der Waals surface area contributed by atoms with Gasteiger partial charge in [-0.2, -0.15) is 5.10 Å². The summed E-state index contributed by atoms with van der Waals surface area (Å²) < 4.78 is 18.5. The molecule has 2 heterocycles. The molecular formula is C21H25BrFN5O. The first kappa shape index (κ1) is 20.1. The second-order valence-corrected chi connectivity index (χ2v) is 8.92. The smallest absolute Gasteiger partial charge is 0.270 e. The van der Waals surface area contributed by atoms with Gasteiger partial charge in [0.2, 0.25) is 0 Å². The number of carbonyl (C=O) groups is 1. The molecule has 29 heavy (non-hydrogen) atoms. The minimum absolute atomic E-state index is 0.192. The number of rotatable bonds is 4. The summed E-state index contributed by atoms with van der Waals surface area (Å²) in [6.07, 6.45) is 5.85. The van der Waals surface area contributed by atoms with Crippen molar-refractivity contribution in [2.24, 2.45) is 25.9 Å². The normalized spacial score (nSPS) is 20.7. The molecule has 1 N–H and O–H groups in total. The Morgan fingerprint density at radius 1 is 1.24 bits per heavy atom. The van der Waals surface area contributed by atoms with Gasteiger partial charge in [-0.15, -0.1) is 0 Å². The number of aromatic nitrogens is 4. The highest BCUT2D eigenvalue weighted by atomic mass is 79.9. The van der Waals surface area contributed by atoms with Gasteiger partial charge < -0.3 is 9.88 Å². The van der Waals surface area contributed by atoms with E-state index >= 15 is 0 Å². The molecule has 3 aromatic rings. The summed E-state index contributed by atoms with van der Waals surface area (Å²) in [6.45, 7) is 2.27. The summed E-state index contributed by atoms with van der Waals surface area (Å²) in [5.41, 5.74) is 1.53. The van der Waals surface area contributed by atoms with Crippen LogP contribution in [0.25, 0.3) is 11.0 Å². The highest BCUT2D eigenvalue weighted by Crippen LogP contribution is 2.38. The number of hydrogen-bond donors (Lipinski definition) is 1. The molecule has 154 valence electrons. The third-order valence-electron chi connectivity index (χ3n) is 6.11. The summed E-state index contributed by atoms with van der Waals surface area (Å²) in [5.74, 6) is 1.10. The van der Waals surface area contributed by atoms with Crippen LogP contribution in [0.2, 0.25) is 0 Å². The number of hydrogen-bond acceptors (Lipinski definition) is 3. The van der Waals surface area contributed by atoms with Crippen LogP contribution in [-0.4, -0.2) is 25.2 Å². The van der Waals surface area contributed by atoms with Crippen molar-refractivity contribution >= 4 is 32.9 Å². The number of fused-ring (bicyclic) bond motifs is 1. The molecule has 1 amide bonds. The van der Waals surface area contributed by atoms with Gasteiger partial charge in [0.25, 0.3) is 5.91 Å². The van der Waals surface area contributed by atoms with Crippen LogP contribution in [0.3, 0.4) is 0 Å². The predicted molar refractivity (Wildman–Crippen MR) is 113 cm³/mol. The van der Waals surface area contributed by atoms with Crippen molar-refractivity contribution in [3.8, 4) is 0 Å². The van der Waals surface area contributed by atoms with Gasteiger partial charge in [0.1, 0.15) is 17.0 Å². The van der Waals surface area contributed by atoms with E-state index in [1.165, 1.54) is 0 Å². The number of aryl methyl sites for hydroxylation is 2. The van der Waals surface area contributed by atoms with Gasteiger partial charge in [0.15, 0.2) is 5.82 Å². The van der Waals surface area contributed by atoms with E-state index in [0.29, 0.717) is 32.9 Å². The van der Waals surface area contributed by atoms with Gasteiger partial charge >= 0.3 is 0 Å². The van der Waals surface area contributed by atoms with Gasteiger partial charge in [-0.1, -0.05) is 19.8 Å². The van der Waals surface area contributed by atoms with Crippen molar-refractivity contribution in [3.05, 3.63) is 46.2 Å². The van der Waals surface area contributed by atoms with E-state index in [4.69, 9.17) is 4.98 Å². The Hall–Kier alpha value is -2.22. The maximum atomic E-state index is 14.8. The molecule has 2 aromatic heterocycles. The average Bonchev–Trinajstić information content (AvgIpc) is 3.27. The molecule has 0 saturated heterocycles. The Balaban J connectivity index is 1.75. The first-order valence-corrected chi connectivity index (χ1v) is 10.7. The Morgan fingerprint density at radius 3 is 2.62 bits per heavy atom. The van der Waals surface area contributed by atoms with Crippen LogP contribution < -0.4 is 5.32 Å². The van der Waals surface area contributed by atoms with Gasteiger partial charge in [-0.25, -0.2) is 9.37 Å². The maximum Gasteiger partial charge on any atom is 0.270 e. The Morgan fingerprint density at radius 2 is 1.97 bits per heavy atom. The lowest BCUT2D eigenvalue weighted by molar-refractivity contribution is 0.0893. The topological polar surface area (TPSA) is 64.7 Å². The standard InChI is InChI=1S/C21H25BrFN5O/c1-12-4-6-13(7-5-12)18(26-21(29)16-10-11-24-28(16)3)20-25-15-9-8-14(22)17(23)19(15)27(20)2/h8-13,18H,4-7H2,1-3H3,(H,26,29). The van der Waals surface area contributed by atoms with Gasteiger partial charge in [-0.05, 0) is 58.8 Å². The molecule has 0 bridgehead atoms. The lowest BCUT2D eigenvalue weighted by Crippen LogP contribution is -2.37. The molecule has 1 aromatic carbocycles. The SMILES string of the molecule is CC1CCC(C(NC(=O)c2ccnn2C)c2nc3ccc(Br)c(F)c3n2C)CC1. The van der Waals surface area contributed by atoms with Gasteiger partial charge in [-0.3, -0.25) is 9.48 Å². The third kappa shape index (κ3) is 3.70. The third-order valence-corrected chi connectivity index (χ3v) is 6.72. The number of imidazole rings is 1. The highest BCUT2D eigenvalue weighted by Gasteiger charge is 2.33. The molecule has 0 spiro atoms. The van der Waals surface area contributed by atoms with Crippen molar-refractivity contribution in [1.82, 2.24) is 24.6 Å². The van der Waals surface area contributed by atoms with E-state index < -0.39 is 0 Å². The largest absolute Gasteiger partial charge is 0.340 e. The second kappa shape index (κ2) is 7.89. The summed E-state index contributed by atoms with van der Waals surface area (Å²) >= 11 is 3.26. The van der Waals surface area contributed by atoms with E-state index in [9.17, 15) is 9.18 Å². The lowest BCUT2D eigenvalue weighted by Gasteiger charge is -2.33. The van der Waals surface area contributed by atoms with E-state index in [2.05, 4.69) is 33.3 Å². The molecule has 1 aliphatic carbocycles. The molecule has 1 saturated carbocycles. The van der Waals surface area contributed by atoms with Crippen LogP contribution in [0.1, 0.15) is 55.0 Å². The van der Waals surface area contributed by atoms with Gasteiger partial charge in [0, 0.05) is 20.3 Å². The van der Waals surface area contributed by atoms with Crippen molar-refractivity contribution in [3.63, 3.8) is 0 Å². The molecule has 0 radical (unpaired) electrons. The van der Waals surface area contributed by atoms with Gasteiger partial charge in [0.05, 0.1) is 16.0 Å². The van der Waals surface area contributed by atoms with Crippen LogP contribution in [-0.2, 0) is 14.1 Å². The fourth-order valence-corrected chi connectivity index (χ4v) is 4.67. The number of benzene rings is 1.